The van der Waals surface area contributed by atoms with Gasteiger partial charge in [-0.1, -0.05) is 97.3 Å². The zero-order valence-corrected chi connectivity index (χ0v) is 23.0. The van der Waals surface area contributed by atoms with Crippen molar-refractivity contribution in [3.05, 3.63) is 0 Å². The lowest BCUT2D eigenvalue weighted by molar-refractivity contribution is -0.157. The van der Waals surface area contributed by atoms with Gasteiger partial charge in [0.15, 0.2) is 0 Å². The summed E-state index contributed by atoms with van der Waals surface area (Å²) in [7, 11) is 0. The minimum Gasteiger partial charge on any atom is -0.466 e. The van der Waals surface area contributed by atoms with E-state index in [1.54, 1.807) is 13.8 Å². The molecule has 0 unspecified atom stereocenters. The first-order valence-corrected chi connectivity index (χ1v) is 14.3. The molecule has 0 aromatic rings. The SMILES string of the molecule is CCCCCCCC(CCCCCCC)CCOC(=O)CCCCCC(=O)OC(C)(C)CCO. The van der Waals surface area contributed by atoms with E-state index in [4.69, 9.17) is 14.6 Å². The van der Waals surface area contributed by atoms with Crippen molar-refractivity contribution in [2.24, 2.45) is 5.92 Å². The van der Waals surface area contributed by atoms with Gasteiger partial charge in [-0.3, -0.25) is 9.59 Å². The van der Waals surface area contributed by atoms with Crippen LogP contribution >= 0.6 is 0 Å². The van der Waals surface area contributed by atoms with Gasteiger partial charge in [0.1, 0.15) is 5.60 Å². The number of esters is 2. The Kier molecular flexibility index (Phi) is 21.6. The Labute approximate surface area is 210 Å². The molecule has 0 atom stereocenters. The second kappa shape index (κ2) is 22.4. The molecule has 0 saturated heterocycles. The molecule has 0 amide bonds. The number of aliphatic hydroxyl groups excluding tert-OH is 1. The molecule has 0 bridgehead atoms. The number of carbonyl (C=O) groups is 2. The van der Waals surface area contributed by atoms with Crippen LogP contribution in [0, 0.1) is 5.92 Å². The van der Waals surface area contributed by atoms with E-state index >= 15 is 0 Å². The predicted molar refractivity (Wildman–Crippen MR) is 141 cm³/mol. The molecule has 5 heteroatoms. The van der Waals surface area contributed by atoms with Crippen molar-refractivity contribution in [1.82, 2.24) is 0 Å². The molecule has 0 aromatic heterocycles. The summed E-state index contributed by atoms with van der Waals surface area (Å²) in [5.41, 5.74) is -0.626. The van der Waals surface area contributed by atoms with E-state index in [1.807, 2.05) is 0 Å². The van der Waals surface area contributed by atoms with Crippen molar-refractivity contribution in [1.29, 1.82) is 0 Å². The second-order valence-corrected chi connectivity index (χ2v) is 10.5. The average Bonchev–Trinajstić information content (AvgIpc) is 2.77. The Hall–Kier alpha value is -1.10. The van der Waals surface area contributed by atoms with Crippen LogP contribution in [-0.2, 0) is 19.1 Å². The highest BCUT2D eigenvalue weighted by molar-refractivity contribution is 5.70. The van der Waals surface area contributed by atoms with Gasteiger partial charge in [0, 0.05) is 25.9 Å². The summed E-state index contributed by atoms with van der Waals surface area (Å²) in [5.74, 6) is 0.324. The molecule has 0 aliphatic rings. The number of hydrogen-bond acceptors (Lipinski definition) is 5. The van der Waals surface area contributed by atoms with Gasteiger partial charge >= 0.3 is 11.9 Å². The lowest BCUT2D eigenvalue weighted by Crippen LogP contribution is -2.29. The zero-order chi connectivity index (χ0) is 25.5. The first kappa shape index (κ1) is 32.9. The largest absolute Gasteiger partial charge is 0.466 e. The number of unbranched alkanes of at least 4 members (excludes halogenated alkanes) is 10. The summed E-state index contributed by atoms with van der Waals surface area (Å²) < 4.78 is 10.9. The topological polar surface area (TPSA) is 72.8 Å². The molecule has 202 valence electrons. The number of hydrogen-bond donors (Lipinski definition) is 1. The number of carbonyl (C=O) groups excluding carboxylic acids is 2. The predicted octanol–water partition coefficient (Wildman–Crippen LogP) is 7.91. The molecule has 34 heavy (non-hydrogen) atoms. The maximum Gasteiger partial charge on any atom is 0.306 e. The number of ether oxygens (including phenoxy) is 2. The Morgan fingerprint density at radius 1 is 0.706 bits per heavy atom. The molecule has 5 nitrogen and oxygen atoms in total. The number of rotatable bonds is 24. The smallest absolute Gasteiger partial charge is 0.306 e. The van der Waals surface area contributed by atoms with Gasteiger partial charge in [0.05, 0.1) is 6.61 Å². The fourth-order valence-electron chi connectivity index (χ4n) is 4.31. The standard InChI is InChI=1S/C29H56O5/c1-5-7-9-11-14-18-26(19-15-12-10-8-6-2)22-25-33-27(31)20-16-13-17-21-28(32)34-29(3,4)23-24-30/h26,30H,5-25H2,1-4H3. The van der Waals surface area contributed by atoms with E-state index < -0.39 is 5.60 Å². The normalized spacial score (nSPS) is 11.7. The van der Waals surface area contributed by atoms with Crippen molar-refractivity contribution >= 4 is 11.9 Å². The van der Waals surface area contributed by atoms with E-state index in [0.29, 0.717) is 38.2 Å². The van der Waals surface area contributed by atoms with Gasteiger partial charge in [0.25, 0.3) is 0 Å². The lowest BCUT2D eigenvalue weighted by Gasteiger charge is -2.24. The maximum absolute atomic E-state index is 12.1. The third-order valence-electron chi connectivity index (χ3n) is 6.59. The zero-order valence-electron chi connectivity index (χ0n) is 23.0. The molecule has 0 fully saturated rings. The van der Waals surface area contributed by atoms with Crippen LogP contribution in [0.1, 0.15) is 150 Å². The van der Waals surface area contributed by atoms with Crippen LogP contribution in [0.4, 0.5) is 0 Å². The summed E-state index contributed by atoms with van der Waals surface area (Å²) in [6, 6.07) is 0. The monoisotopic (exact) mass is 484 g/mol. The molecule has 0 aliphatic carbocycles. The van der Waals surface area contributed by atoms with Crippen LogP contribution in [0.3, 0.4) is 0 Å². The fraction of sp³-hybridized carbons (Fsp3) is 0.931. The van der Waals surface area contributed by atoms with E-state index in [1.165, 1.54) is 77.0 Å². The maximum atomic E-state index is 12.1. The summed E-state index contributed by atoms with van der Waals surface area (Å²) in [6.07, 6.45) is 20.1. The summed E-state index contributed by atoms with van der Waals surface area (Å²) in [5, 5.41) is 9.00. The third-order valence-corrected chi connectivity index (χ3v) is 6.59. The van der Waals surface area contributed by atoms with Crippen molar-refractivity contribution < 1.29 is 24.2 Å². The van der Waals surface area contributed by atoms with Crippen LogP contribution in [0.15, 0.2) is 0 Å². The Bertz CT molecular complexity index is 475. The molecule has 1 N–H and O–H groups in total. The molecule has 0 aliphatic heterocycles. The van der Waals surface area contributed by atoms with Gasteiger partial charge in [-0.05, 0) is 39.0 Å². The van der Waals surface area contributed by atoms with Crippen LogP contribution in [0.5, 0.6) is 0 Å². The molecule has 0 aromatic carbocycles. The minimum absolute atomic E-state index is 0.00105. The highest BCUT2D eigenvalue weighted by Gasteiger charge is 2.21. The third kappa shape index (κ3) is 21.4. The fourth-order valence-corrected chi connectivity index (χ4v) is 4.31. The first-order valence-electron chi connectivity index (χ1n) is 14.3. The van der Waals surface area contributed by atoms with Crippen LogP contribution in [0.2, 0.25) is 0 Å². The van der Waals surface area contributed by atoms with Crippen molar-refractivity contribution in [3.8, 4) is 0 Å². The molecule has 0 rings (SSSR count). The van der Waals surface area contributed by atoms with E-state index in [9.17, 15) is 9.59 Å². The van der Waals surface area contributed by atoms with Crippen molar-refractivity contribution in [3.63, 3.8) is 0 Å². The molecule has 0 saturated carbocycles. The molecule has 0 heterocycles. The quantitative estimate of drug-likeness (QED) is 0.111. The first-order chi connectivity index (χ1) is 16.3. The van der Waals surface area contributed by atoms with Crippen molar-refractivity contribution in [2.75, 3.05) is 13.2 Å². The van der Waals surface area contributed by atoms with E-state index in [0.717, 1.165) is 19.3 Å². The van der Waals surface area contributed by atoms with Gasteiger partial charge in [0.2, 0.25) is 0 Å². The van der Waals surface area contributed by atoms with Gasteiger partial charge < -0.3 is 14.6 Å². The van der Waals surface area contributed by atoms with E-state index in [2.05, 4.69) is 13.8 Å². The Morgan fingerprint density at radius 3 is 1.74 bits per heavy atom. The van der Waals surface area contributed by atoms with Gasteiger partial charge in [-0.2, -0.15) is 0 Å². The summed E-state index contributed by atoms with van der Waals surface area (Å²) >= 11 is 0. The minimum atomic E-state index is -0.626. The summed E-state index contributed by atoms with van der Waals surface area (Å²) in [6.45, 7) is 8.66. The summed E-state index contributed by atoms with van der Waals surface area (Å²) in [4.78, 5) is 24.0. The Morgan fingerprint density at radius 2 is 1.21 bits per heavy atom. The van der Waals surface area contributed by atoms with Gasteiger partial charge in [-0.15, -0.1) is 0 Å². The molecular formula is C29H56O5. The van der Waals surface area contributed by atoms with Crippen molar-refractivity contribution in [2.45, 2.75) is 155 Å². The van der Waals surface area contributed by atoms with Crippen LogP contribution < -0.4 is 0 Å². The highest BCUT2D eigenvalue weighted by atomic mass is 16.6. The van der Waals surface area contributed by atoms with Crippen LogP contribution in [-0.4, -0.2) is 35.9 Å². The molecule has 0 radical (unpaired) electrons. The lowest BCUT2D eigenvalue weighted by atomic mass is 9.92. The molecular weight excluding hydrogens is 428 g/mol. The van der Waals surface area contributed by atoms with Gasteiger partial charge in [-0.25, -0.2) is 0 Å². The molecule has 0 spiro atoms. The average molecular weight is 485 g/mol. The highest BCUT2D eigenvalue weighted by Crippen LogP contribution is 2.22. The number of aliphatic hydroxyl groups is 1. The van der Waals surface area contributed by atoms with Crippen LogP contribution in [0.25, 0.3) is 0 Å². The Balaban J connectivity index is 3.99. The second-order valence-electron chi connectivity index (χ2n) is 10.5. The van der Waals surface area contributed by atoms with E-state index in [-0.39, 0.29) is 18.5 Å².